The van der Waals surface area contributed by atoms with Crippen molar-refractivity contribution in [2.75, 3.05) is 31.6 Å². The Balaban J connectivity index is 1.62. The predicted molar refractivity (Wildman–Crippen MR) is 118 cm³/mol. The Labute approximate surface area is 187 Å². The molecule has 2 aromatic rings. The highest BCUT2D eigenvalue weighted by molar-refractivity contribution is 7.89. The molecule has 1 aromatic heterocycles. The molecule has 8 nitrogen and oxygen atoms in total. The molecule has 1 N–H and O–H groups in total. The van der Waals surface area contributed by atoms with Gasteiger partial charge in [-0.05, 0) is 57.9 Å². The van der Waals surface area contributed by atoms with Crippen molar-refractivity contribution in [1.29, 1.82) is 0 Å². The second-order valence-corrected chi connectivity index (χ2v) is 11.2. The van der Waals surface area contributed by atoms with Crippen LogP contribution in [0.5, 0.6) is 0 Å². The lowest BCUT2D eigenvalue weighted by atomic mass is 10.1. The normalized spacial score (nSPS) is 18.2. The summed E-state index contributed by atoms with van der Waals surface area (Å²) in [6, 6.07) is 6.32. The Kier molecular flexibility index (Phi) is 5.89. The zero-order valence-corrected chi connectivity index (χ0v) is 19.5. The van der Waals surface area contributed by atoms with Crippen molar-refractivity contribution >= 4 is 33.2 Å². The number of halogens is 1. The first-order valence-electron chi connectivity index (χ1n) is 10.4. The van der Waals surface area contributed by atoms with Crippen molar-refractivity contribution in [3.8, 4) is 0 Å². The molecular weight excluding hydrogens is 440 g/mol. The molecule has 4 rings (SSSR count). The fraction of sp³-hybridized carbons (Fsp3) is 0.524. The van der Waals surface area contributed by atoms with Crippen LogP contribution >= 0.6 is 11.6 Å². The number of sulfonamides is 1. The fourth-order valence-electron chi connectivity index (χ4n) is 3.55. The van der Waals surface area contributed by atoms with E-state index in [9.17, 15) is 13.2 Å². The Hall–Kier alpha value is -1.94. The van der Waals surface area contributed by atoms with Gasteiger partial charge in [0.15, 0.2) is 0 Å². The molecule has 0 bridgehead atoms. The average Bonchev–Trinajstić information content (AvgIpc) is 3.46. The number of carbonyl (C=O) groups excluding carboxylic acids is 1. The maximum absolute atomic E-state index is 13.1. The van der Waals surface area contributed by atoms with E-state index >= 15 is 0 Å². The van der Waals surface area contributed by atoms with Crippen LogP contribution in [0, 0.1) is 0 Å². The highest BCUT2D eigenvalue weighted by Gasteiger charge is 2.32. The van der Waals surface area contributed by atoms with E-state index in [2.05, 4.69) is 10.4 Å². The third-order valence-electron chi connectivity index (χ3n) is 5.37. The minimum Gasteiger partial charge on any atom is -0.379 e. The second-order valence-electron chi connectivity index (χ2n) is 8.93. The van der Waals surface area contributed by atoms with Gasteiger partial charge < -0.3 is 10.1 Å². The molecule has 1 saturated heterocycles. The number of anilines is 1. The molecule has 1 aliphatic heterocycles. The average molecular weight is 467 g/mol. The molecular formula is C21H27ClN4O4S. The van der Waals surface area contributed by atoms with E-state index in [1.165, 1.54) is 16.4 Å². The number of nitrogens with zero attached hydrogens (tertiary/aromatic N) is 3. The van der Waals surface area contributed by atoms with E-state index in [0.29, 0.717) is 30.5 Å². The zero-order valence-electron chi connectivity index (χ0n) is 17.9. The third kappa shape index (κ3) is 4.64. The molecule has 31 heavy (non-hydrogen) atoms. The Morgan fingerprint density at radius 3 is 2.48 bits per heavy atom. The summed E-state index contributed by atoms with van der Waals surface area (Å²) in [5.74, 6) is 0.0716. The van der Waals surface area contributed by atoms with E-state index in [1.807, 2.05) is 26.8 Å². The summed E-state index contributed by atoms with van der Waals surface area (Å²) in [6.45, 7) is 7.18. The first-order chi connectivity index (χ1) is 14.6. The number of aromatic nitrogens is 2. The maximum Gasteiger partial charge on any atom is 0.273 e. The van der Waals surface area contributed by atoms with Crippen molar-refractivity contribution in [1.82, 2.24) is 14.1 Å². The van der Waals surface area contributed by atoms with Gasteiger partial charge in [0.1, 0.15) is 10.6 Å². The lowest BCUT2D eigenvalue weighted by Gasteiger charge is -2.26. The molecule has 1 aromatic carbocycles. The summed E-state index contributed by atoms with van der Waals surface area (Å²) in [7, 11) is -3.79. The number of benzene rings is 1. The highest BCUT2D eigenvalue weighted by atomic mass is 35.5. The quantitative estimate of drug-likeness (QED) is 0.728. The number of carbonyl (C=O) groups is 1. The van der Waals surface area contributed by atoms with Crippen molar-refractivity contribution in [3.05, 3.63) is 40.7 Å². The molecule has 0 radical (unpaired) electrons. The smallest absolute Gasteiger partial charge is 0.273 e. The topological polar surface area (TPSA) is 93.5 Å². The van der Waals surface area contributed by atoms with E-state index in [0.717, 1.165) is 18.5 Å². The van der Waals surface area contributed by atoms with Gasteiger partial charge in [-0.1, -0.05) is 11.6 Å². The van der Waals surface area contributed by atoms with Crippen LogP contribution in [0.4, 0.5) is 5.69 Å². The number of hydrogen-bond acceptors (Lipinski definition) is 5. The molecule has 2 fully saturated rings. The van der Waals surface area contributed by atoms with Gasteiger partial charge in [0, 0.05) is 24.7 Å². The molecule has 10 heteroatoms. The van der Waals surface area contributed by atoms with E-state index in [4.69, 9.17) is 16.3 Å². The first kappa shape index (κ1) is 22.3. The number of ether oxygens (including phenoxy) is 1. The lowest BCUT2D eigenvalue weighted by molar-refractivity contribution is 0.0730. The van der Waals surface area contributed by atoms with Crippen LogP contribution in [0.2, 0.25) is 5.02 Å². The van der Waals surface area contributed by atoms with Gasteiger partial charge in [0.05, 0.1) is 29.5 Å². The molecule has 1 saturated carbocycles. The number of nitrogens with one attached hydrogen (secondary N) is 1. The minimum atomic E-state index is -3.79. The number of amides is 1. The summed E-state index contributed by atoms with van der Waals surface area (Å²) in [5.41, 5.74) is 1.36. The summed E-state index contributed by atoms with van der Waals surface area (Å²) in [4.78, 5) is 13.1. The Bertz CT molecular complexity index is 1100. The number of morpholine rings is 1. The molecule has 1 amide bonds. The van der Waals surface area contributed by atoms with Crippen LogP contribution < -0.4 is 5.32 Å². The van der Waals surface area contributed by atoms with Gasteiger partial charge in [-0.25, -0.2) is 8.42 Å². The van der Waals surface area contributed by atoms with Crippen molar-refractivity contribution in [2.45, 2.75) is 50.0 Å². The lowest BCUT2D eigenvalue weighted by Crippen LogP contribution is -2.40. The molecule has 2 aliphatic rings. The van der Waals surface area contributed by atoms with E-state index in [-0.39, 0.29) is 34.5 Å². The molecule has 1 aliphatic carbocycles. The van der Waals surface area contributed by atoms with Crippen LogP contribution in [0.3, 0.4) is 0 Å². The monoisotopic (exact) mass is 466 g/mol. The minimum absolute atomic E-state index is 0.0307. The van der Waals surface area contributed by atoms with Crippen molar-refractivity contribution in [3.63, 3.8) is 0 Å². The second kappa shape index (κ2) is 8.20. The predicted octanol–water partition coefficient (Wildman–Crippen LogP) is 3.44. The van der Waals surface area contributed by atoms with Gasteiger partial charge in [0.2, 0.25) is 10.0 Å². The summed E-state index contributed by atoms with van der Waals surface area (Å²) < 4.78 is 34.4. The largest absolute Gasteiger partial charge is 0.379 e. The maximum atomic E-state index is 13.1. The first-order valence-corrected chi connectivity index (χ1v) is 12.2. The molecule has 0 atom stereocenters. The molecule has 168 valence electrons. The van der Waals surface area contributed by atoms with Gasteiger partial charge in [-0.15, -0.1) is 0 Å². The van der Waals surface area contributed by atoms with E-state index < -0.39 is 10.0 Å². The number of rotatable bonds is 5. The fourth-order valence-corrected chi connectivity index (χ4v) is 5.46. The van der Waals surface area contributed by atoms with Crippen molar-refractivity contribution < 1.29 is 17.9 Å². The molecule has 0 unspecified atom stereocenters. The van der Waals surface area contributed by atoms with E-state index in [1.54, 1.807) is 10.7 Å². The van der Waals surface area contributed by atoms with Crippen LogP contribution in [0.15, 0.2) is 29.2 Å². The Morgan fingerprint density at radius 1 is 1.19 bits per heavy atom. The third-order valence-corrected chi connectivity index (χ3v) is 7.75. The SMILES string of the molecule is CC(C)(C)n1nc(C2CC2)cc1C(=O)Nc1ccc(Cl)c(S(=O)(=O)N2CCOCC2)c1. The molecule has 2 heterocycles. The summed E-state index contributed by atoms with van der Waals surface area (Å²) in [5, 5.41) is 7.59. The van der Waals surface area contributed by atoms with Crippen LogP contribution in [-0.2, 0) is 20.3 Å². The van der Waals surface area contributed by atoms with Gasteiger partial charge in [0.25, 0.3) is 5.91 Å². The molecule has 0 spiro atoms. The van der Waals surface area contributed by atoms with Crippen LogP contribution in [-0.4, -0.2) is 54.7 Å². The zero-order chi connectivity index (χ0) is 22.4. The highest BCUT2D eigenvalue weighted by Crippen LogP contribution is 2.40. The van der Waals surface area contributed by atoms with Gasteiger partial charge in [-0.2, -0.15) is 9.40 Å². The van der Waals surface area contributed by atoms with Gasteiger partial charge in [-0.3, -0.25) is 9.48 Å². The standard InChI is InChI=1S/C21H27ClN4O4S/c1-21(2,3)26-18(13-17(24-26)14-4-5-14)20(27)23-15-6-7-16(22)19(12-15)31(28,29)25-8-10-30-11-9-25/h6-7,12-14H,4-5,8-11H2,1-3H3,(H,23,27). The summed E-state index contributed by atoms with van der Waals surface area (Å²) in [6.07, 6.45) is 2.17. The number of hydrogen-bond donors (Lipinski definition) is 1. The summed E-state index contributed by atoms with van der Waals surface area (Å²) >= 11 is 6.22. The Morgan fingerprint density at radius 2 is 1.87 bits per heavy atom. The van der Waals surface area contributed by atoms with Crippen molar-refractivity contribution in [2.24, 2.45) is 0 Å². The van der Waals surface area contributed by atoms with Gasteiger partial charge >= 0.3 is 0 Å². The van der Waals surface area contributed by atoms with Crippen LogP contribution in [0.1, 0.15) is 55.7 Å². The van der Waals surface area contributed by atoms with Crippen LogP contribution in [0.25, 0.3) is 0 Å².